The zero-order chi connectivity index (χ0) is 14.7. The molecule has 5 heteroatoms. The van der Waals surface area contributed by atoms with Crippen LogP contribution in [0.25, 0.3) is 11.0 Å². The van der Waals surface area contributed by atoms with Gasteiger partial charge in [0.2, 0.25) is 0 Å². The Labute approximate surface area is 121 Å². The first kappa shape index (κ1) is 13.2. The van der Waals surface area contributed by atoms with Gasteiger partial charge in [0, 0.05) is 0 Å². The van der Waals surface area contributed by atoms with Gasteiger partial charge in [0.1, 0.15) is 12.4 Å². The average molecular weight is 282 g/mol. The smallest absolute Gasteiger partial charge is 0.335 e. The zero-order valence-corrected chi connectivity index (χ0v) is 11.3. The van der Waals surface area contributed by atoms with Crippen LogP contribution in [0.5, 0.6) is 5.75 Å². The molecule has 3 rings (SSSR count). The van der Waals surface area contributed by atoms with Gasteiger partial charge in [-0.1, -0.05) is 18.2 Å². The minimum atomic E-state index is -0.940. The summed E-state index contributed by atoms with van der Waals surface area (Å²) in [5.41, 5.74) is 1.83. The first-order valence-electron chi connectivity index (χ1n) is 6.60. The molecule has 106 valence electrons. The number of aromatic nitrogens is 2. The van der Waals surface area contributed by atoms with Crippen LogP contribution < -0.4 is 4.74 Å². The summed E-state index contributed by atoms with van der Waals surface area (Å²) in [6.45, 7) is 1.10. The zero-order valence-electron chi connectivity index (χ0n) is 11.3. The molecule has 21 heavy (non-hydrogen) atoms. The molecule has 0 unspecified atom stereocenters. The lowest BCUT2D eigenvalue weighted by atomic mass is 10.2. The van der Waals surface area contributed by atoms with Crippen molar-refractivity contribution in [1.29, 1.82) is 0 Å². The van der Waals surface area contributed by atoms with E-state index >= 15 is 0 Å². The Kier molecular flexibility index (Phi) is 3.55. The Morgan fingerprint density at radius 2 is 2.00 bits per heavy atom. The Morgan fingerprint density at radius 3 is 2.76 bits per heavy atom. The number of hydrogen-bond donors (Lipinski definition) is 1. The maximum absolute atomic E-state index is 11.0. The summed E-state index contributed by atoms with van der Waals surface area (Å²) in [4.78, 5) is 15.3. The lowest BCUT2D eigenvalue weighted by molar-refractivity contribution is 0.0697. The minimum absolute atomic E-state index is 0.258. The van der Waals surface area contributed by atoms with E-state index < -0.39 is 5.97 Å². The molecule has 1 heterocycles. The summed E-state index contributed by atoms with van der Waals surface area (Å²) in [5, 5.41) is 9.04. The van der Waals surface area contributed by atoms with E-state index in [9.17, 15) is 4.79 Å². The van der Waals surface area contributed by atoms with Crippen molar-refractivity contribution in [2.45, 2.75) is 6.54 Å². The Hall–Kier alpha value is -2.82. The predicted molar refractivity (Wildman–Crippen MR) is 78.6 cm³/mol. The van der Waals surface area contributed by atoms with Crippen molar-refractivity contribution < 1.29 is 14.6 Å². The molecule has 1 aromatic heterocycles. The van der Waals surface area contributed by atoms with Crippen LogP contribution in [0.4, 0.5) is 0 Å². The highest BCUT2D eigenvalue weighted by molar-refractivity contribution is 5.92. The molecule has 0 bridgehead atoms. The van der Waals surface area contributed by atoms with E-state index in [1.807, 2.05) is 34.9 Å². The lowest BCUT2D eigenvalue weighted by Gasteiger charge is -2.07. The standard InChI is InChI=1S/C16H14N2O3/c19-16(20)12-6-7-14-15(10-12)18(11-17-14)8-9-21-13-4-2-1-3-5-13/h1-7,10-11H,8-9H2,(H,19,20). The van der Waals surface area contributed by atoms with Crippen LogP contribution in [0.3, 0.4) is 0 Å². The van der Waals surface area contributed by atoms with Gasteiger partial charge in [-0.05, 0) is 30.3 Å². The van der Waals surface area contributed by atoms with E-state index in [-0.39, 0.29) is 5.56 Å². The van der Waals surface area contributed by atoms with Crippen molar-refractivity contribution in [2.24, 2.45) is 0 Å². The molecule has 2 aromatic carbocycles. The quantitative estimate of drug-likeness (QED) is 0.781. The largest absolute Gasteiger partial charge is 0.492 e. The number of para-hydroxylation sites is 1. The number of hydrogen-bond acceptors (Lipinski definition) is 3. The van der Waals surface area contributed by atoms with Crippen molar-refractivity contribution in [1.82, 2.24) is 9.55 Å². The van der Waals surface area contributed by atoms with Crippen LogP contribution in [0.1, 0.15) is 10.4 Å². The number of carbonyl (C=O) groups is 1. The predicted octanol–water partition coefficient (Wildman–Crippen LogP) is 2.81. The summed E-state index contributed by atoms with van der Waals surface area (Å²) in [5.74, 6) is -0.127. The van der Waals surface area contributed by atoms with E-state index in [4.69, 9.17) is 9.84 Å². The third kappa shape index (κ3) is 2.86. The van der Waals surface area contributed by atoms with Crippen LogP contribution in [0.2, 0.25) is 0 Å². The van der Waals surface area contributed by atoms with Gasteiger partial charge in [-0.15, -0.1) is 0 Å². The second kappa shape index (κ2) is 5.66. The number of rotatable bonds is 5. The van der Waals surface area contributed by atoms with Crippen molar-refractivity contribution >= 4 is 17.0 Å². The van der Waals surface area contributed by atoms with Crippen LogP contribution in [-0.2, 0) is 6.54 Å². The monoisotopic (exact) mass is 282 g/mol. The number of ether oxygens (including phenoxy) is 1. The Balaban J connectivity index is 1.74. The molecular weight excluding hydrogens is 268 g/mol. The maximum atomic E-state index is 11.0. The van der Waals surface area contributed by atoms with Gasteiger partial charge in [-0.3, -0.25) is 0 Å². The molecule has 0 spiro atoms. The topological polar surface area (TPSA) is 64.3 Å². The Morgan fingerprint density at radius 1 is 1.19 bits per heavy atom. The fourth-order valence-electron chi connectivity index (χ4n) is 2.15. The second-order valence-corrected chi connectivity index (χ2v) is 4.61. The second-order valence-electron chi connectivity index (χ2n) is 4.61. The third-order valence-corrected chi connectivity index (χ3v) is 3.21. The number of nitrogens with zero attached hydrogens (tertiary/aromatic N) is 2. The fourth-order valence-corrected chi connectivity index (χ4v) is 2.15. The van der Waals surface area contributed by atoms with Gasteiger partial charge in [0.25, 0.3) is 0 Å². The van der Waals surface area contributed by atoms with Crippen molar-refractivity contribution in [3.63, 3.8) is 0 Å². The molecule has 0 radical (unpaired) electrons. The Bertz CT molecular complexity index is 766. The summed E-state index contributed by atoms with van der Waals surface area (Å²) >= 11 is 0. The van der Waals surface area contributed by atoms with E-state index in [1.54, 1.807) is 24.5 Å². The molecule has 0 atom stereocenters. The van der Waals surface area contributed by atoms with Crippen LogP contribution in [-0.4, -0.2) is 27.2 Å². The number of aromatic carboxylic acids is 1. The summed E-state index contributed by atoms with van der Waals surface area (Å²) in [7, 11) is 0. The molecule has 0 aliphatic heterocycles. The lowest BCUT2D eigenvalue weighted by Crippen LogP contribution is -2.07. The molecule has 3 aromatic rings. The average Bonchev–Trinajstić information content (AvgIpc) is 2.91. The fraction of sp³-hybridized carbons (Fsp3) is 0.125. The van der Waals surface area contributed by atoms with E-state index in [0.717, 1.165) is 16.8 Å². The van der Waals surface area contributed by atoms with Gasteiger partial charge in [0.15, 0.2) is 0 Å². The molecule has 0 aliphatic rings. The normalized spacial score (nSPS) is 10.7. The van der Waals surface area contributed by atoms with Crippen LogP contribution in [0.15, 0.2) is 54.9 Å². The molecule has 0 saturated heterocycles. The van der Waals surface area contributed by atoms with Crippen LogP contribution in [0, 0.1) is 0 Å². The number of carboxylic acids is 1. The number of imidazole rings is 1. The molecule has 0 amide bonds. The minimum Gasteiger partial charge on any atom is -0.492 e. The van der Waals surface area contributed by atoms with E-state index in [2.05, 4.69) is 4.98 Å². The number of fused-ring (bicyclic) bond motifs is 1. The molecule has 0 aliphatic carbocycles. The SMILES string of the molecule is O=C(O)c1ccc2ncn(CCOc3ccccc3)c2c1. The van der Waals surface area contributed by atoms with Gasteiger partial charge >= 0.3 is 5.97 Å². The highest BCUT2D eigenvalue weighted by atomic mass is 16.5. The highest BCUT2D eigenvalue weighted by Gasteiger charge is 2.08. The van der Waals surface area contributed by atoms with Crippen molar-refractivity contribution in [3.05, 3.63) is 60.4 Å². The summed E-state index contributed by atoms with van der Waals surface area (Å²) in [6.07, 6.45) is 1.70. The summed E-state index contributed by atoms with van der Waals surface area (Å²) in [6, 6.07) is 14.5. The summed E-state index contributed by atoms with van der Waals surface area (Å²) < 4.78 is 7.53. The highest BCUT2D eigenvalue weighted by Crippen LogP contribution is 2.15. The first-order chi connectivity index (χ1) is 10.2. The maximum Gasteiger partial charge on any atom is 0.335 e. The number of benzene rings is 2. The van der Waals surface area contributed by atoms with Crippen molar-refractivity contribution in [2.75, 3.05) is 6.61 Å². The van der Waals surface area contributed by atoms with Gasteiger partial charge in [-0.25, -0.2) is 9.78 Å². The van der Waals surface area contributed by atoms with Gasteiger partial charge in [0.05, 0.1) is 29.5 Å². The van der Waals surface area contributed by atoms with E-state index in [0.29, 0.717) is 13.2 Å². The van der Waals surface area contributed by atoms with Gasteiger partial charge < -0.3 is 14.4 Å². The van der Waals surface area contributed by atoms with E-state index in [1.165, 1.54) is 0 Å². The number of carboxylic acid groups (broad SMARTS) is 1. The molecule has 1 N–H and O–H groups in total. The molecule has 0 fully saturated rings. The molecule has 0 saturated carbocycles. The van der Waals surface area contributed by atoms with Gasteiger partial charge in [-0.2, -0.15) is 0 Å². The molecule has 5 nitrogen and oxygen atoms in total. The third-order valence-electron chi connectivity index (χ3n) is 3.21. The molecular formula is C16H14N2O3. The van der Waals surface area contributed by atoms with Crippen LogP contribution >= 0.6 is 0 Å². The van der Waals surface area contributed by atoms with Crippen molar-refractivity contribution in [3.8, 4) is 5.75 Å². The first-order valence-corrected chi connectivity index (χ1v) is 6.60.